The molecule has 2 heteroatoms. The Morgan fingerprint density at radius 2 is 2.38 bits per heavy atom. The summed E-state index contributed by atoms with van der Waals surface area (Å²) >= 11 is 0. The van der Waals surface area contributed by atoms with E-state index in [1.807, 2.05) is 6.92 Å². The third-order valence-corrected chi connectivity index (χ3v) is 3.16. The first-order valence-electron chi connectivity index (χ1n) is 6.12. The van der Waals surface area contributed by atoms with E-state index in [2.05, 4.69) is 19.6 Å². The highest BCUT2D eigenvalue weighted by Gasteiger charge is 2.15. The molecule has 0 aromatic carbocycles. The van der Waals surface area contributed by atoms with E-state index in [0.29, 0.717) is 18.9 Å². The van der Waals surface area contributed by atoms with Gasteiger partial charge in [0, 0.05) is 6.42 Å². The molecule has 1 aliphatic carbocycles. The predicted octanol–water partition coefficient (Wildman–Crippen LogP) is 3.63. The third-order valence-electron chi connectivity index (χ3n) is 3.16. The van der Waals surface area contributed by atoms with Crippen LogP contribution in [0.15, 0.2) is 23.8 Å². The van der Waals surface area contributed by atoms with Gasteiger partial charge in [-0.05, 0) is 45.4 Å². The zero-order valence-electron chi connectivity index (χ0n) is 10.4. The Hall–Kier alpha value is -1.05. The number of rotatable bonds is 5. The van der Waals surface area contributed by atoms with Crippen molar-refractivity contribution in [3.63, 3.8) is 0 Å². The molecule has 0 aromatic rings. The molecule has 0 unspecified atom stereocenters. The Bertz CT molecular complexity index is 289. The van der Waals surface area contributed by atoms with Crippen LogP contribution in [0.3, 0.4) is 0 Å². The number of ether oxygens (including phenoxy) is 1. The summed E-state index contributed by atoms with van der Waals surface area (Å²) < 4.78 is 4.91. The molecular weight excluding hydrogens is 200 g/mol. The Morgan fingerprint density at radius 1 is 1.62 bits per heavy atom. The first-order chi connectivity index (χ1) is 7.63. The van der Waals surface area contributed by atoms with E-state index in [0.717, 1.165) is 19.3 Å². The van der Waals surface area contributed by atoms with Gasteiger partial charge in [0.2, 0.25) is 0 Å². The fourth-order valence-corrected chi connectivity index (χ4v) is 2.06. The molecule has 2 nitrogen and oxygen atoms in total. The summed E-state index contributed by atoms with van der Waals surface area (Å²) in [6.07, 6.45) is 7.05. The molecule has 0 N–H and O–H groups in total. The maximum atomic E-state index is 11.2. The van der Waals surface area contributed by atoms with Gasteiger partial charge < -0.3 is 4.74 Å². The molecule has 0 saturated carbocycles. The second kappa shape index (κ2) is 6.51. The second-order valence-corrected chi connectivity index (χ2v) is 4.49. The second-order valence-electron chi connectivity index (χ2n) is 4.49. The van der Waals surface area contributed by atoms with Gasteiger partial charge in [-0.15, -0.1) is 0 Å². The fourth-order valence-electron chi connectivity index (χ4n) is 2.06. The van der Waals surface area contributed by atoms with Crippen molar-refractivity contribution in [1.82, 2.24) is 0 Å². The Balaban J connectivity index is 2.30. The van der Waals surface area contributed by atoms with Gasteiger partial charge >= 0.3 is 5.97 Å². The average Bonchev–Trinajstić information content (AvgIpc) is 2.27. The molecule has 1 aliphatic rings. The molecule has 1 rings (SSSR count). The zero-order chi connectivity index (χ0) is 12.0. The van der Waals surface area contributed by atoms with Crippen molar-refractivity contribution in [3.8, 4) is 0 Å². The molecule has 90 valence electrons. The molecular formula is C14H22O2. The maximum Gasteiger partial charge on any atom is 0.306 e. The molecule has 0 aliphatic heterocycles. The highest BCUT2D eigenvalue weighted by molar-refractivity contribution is 5.69. The lowest BCUT2D eigenvalue weighted by atomic mass is 9.84. The Morgan fingerprint density at radius 3 is 2.88 bits per heavy atom. The number of hydrogen-bond acceptors (Lipinski definition) is 2. The lowest BCUT2D eigenvalue weighted by molar-refractivity contribution is -0.143. The van der Waals surface area contributed by atoms with Crippen LogP contribution in [0.1, 0.15) is 46.0 Å². The summed E-state index contributed by atoms with van der Waals surface area (Å²) in [7, 11) is 0. The minimum absolute atomic E-state index is 0.0783. The molecule has 0 fully saturated rings. The predicted molar refractivity (Wildman–Crippen MR) is 66.1 cm³/mol. The van der Waals surface area contributed by atoms with Crippen LogP contribution < -0.4 is 0 Å². The smallest absolute Gasteiger partial charge is 0.306 e. The van der Waals surface area contributed by atoms with Gasteiger partial charge in [0.25, 0.3) is 0 Å². The van der Waals surface area contributed by atoms with E-state index < -0.39 is 0 Å². The van der Waals surface area contributed by atoms with Crippen LogP contribution in [0.5, 0.6) is 0 Å². The molecule has 0 spiro atoms. The Labute approximate surface area is 98.4 Å². The quantitative estimate of drug-likeness (QED) is 0.524. The van der Waals surface area contributed by atoms with Gasteiger partial charge in [-0.3, -0.25) is 4.79 Å². The highest BCUT2D eigenvalue weighted by Crippen LogP contribution is 2.29. The highest BCUT2D eigenvalue weighted by atomic mass is 16.5. The number of esters is 1. The van der Waals surface area contributed by atoms with Crippen LogP contribution in [-0.4, -0.2) is 12.6 Å². The van der Waals surface area contributed by atoms with Crippen LogP contribution in [0.2, 0.25) is 0 Å². The van der Waals surface area contributed by atoms with E-state index in [-0.39, 0.29) is 5.97 Å². The van der Waals surface area contributed by atoms with Crippen molar-refractivity contribution in [2.24, 2.45) is 5.92 Å². The topological polar surface area (TPSA) is 26.3 Å². The van der Waals surface area contributed by atoms with Crippen LogP contribution in [0.4, 0.5) is 0 Å². The van der Waals surface area contributed by atoms with E-state index >= 15 is 0 Å². The number of carbonyl (C=O) groups excluding carboxylic acids is 1. The van der Waals surface area contributed by atoms with E-state index in [1.165, 1.54) is 17.6 Å². The summed E-state index contributed by atoms with van der Waals surface area (Å²) in [4.78, 5) is 11.2. The maximum absolute atomic E-state index is 11.2. The molecule has 0 aromatic heterocycles. The summed E-state index contributed by atoms with van der Waals surface area (Å²) in [5.74, 6) is 0.566. The summed E-state index contributed by atoms with van der Waals surface area (Å²) in [5.41, 5.74) is 2.69. The number of allylic oxidation sites excluding steroid dienone is 3. The molecule has 0 amide bonds. The molecule has 0 heterocycles. The fraction of sp³-hybridized carbons (Fsp3) is 0.643. The number of carbonyl (C=O) groups is 1. The first-order valence-corrected chi connectivity index (χ1v) is 6.12. The first kappa shape index (κ1) is 13.0. The van der Waals surface area contributed by atoms with Crippen molar-refractivity contribution in [1.29, 1.82) is 0 Å². The van der Waals surface area contributed by atoms with Gasteiger partial charge in [0.15, 0.2) is 0 Å². The van der Waals surface area contributed by atoms with E-state index in [1.54, 1.807) is 0 Å². The monoisotopic (exact) mass is 222 g/mol. The van der Waals surface area contributed by atoms with Crippen LogP contribution in [0, 0.1) is 5.92 Å². The standard InChI is InChI=1S/C14H22O2/c1-4-16-14(15)10-7-12-5-8-13(9-6-12)11(2)3/h5,13H,2,4,6-10H2,1,3H3/t13-/m1/s1. The third kappa shape index (κ3) is 4.21. The summed E-state index contributed by atoms with van der Waals surface area (Å²) in [6, 6.07) is 0. The lowest BCUT2D eigenvalue weighted by Gasteiger charge is -2.21. The van der Waals surface area contributed by atoms with Gasteiger partial charge in [0.1, 0.15) is 0 Å². The van der Waals surface area contributed by atoms with E-state index in [4.69, 9.17) is 4.74 Å². The lowest BCUT2D eigenvalue weighted by Crippen LogP contribution is -2.08. The average molecular weight is 222 g/mol. The Kier molecular flexibility index (Phi) is 5.30. The molecule has 0 saturated heterocycles. The van der Waals surface area contributed by atoms with Gasteiger partial charge in [-0.1, -0.05) is 23.8 Å². The summed E-state index contributed by atoms with van der Waals surface area (Å²) in [6.45, 7) is 8.42. The van der Waals surface area contributed by atoms with Crippen molar-refractivity contribution >= 4 is 5.97 Å². The van der Waals surface area contributed by atoms with Crippen molar-refractivity contribution in [2.45, 2.75) is 46.0 Å². The normalized spacial score (nSPS) is 20.1. The van der Waals surface area contributed by atoms with Crippen LogP contribution >= 0.6 is 0 Å². The SMILES string of the molecule is C=C(C)[C@@H]1CC=C(CCC(=O)OCC)CC1. The van der Waals surface area contributed by atoms with Crippen LogP contribution in [0.25, 0.3) is 0 Å². The van der Waals surface area contributed by atoms with Gasteiger partial charge in [-0.25, -0.2) is 0 Å². The van der Waals surface area contributed by atoms with Gasteiger partial charge in [0.05, 0.1) is 6.61 Å². The van der Waals surface area contributed by atoms with Crippen molar-refractivity contribution in [2.75, 3.05) is 6.61 Å². The van der Waals surface area contributed by atoms with Crippen molar-refractivity contribution in [3.05, 3.63) is 23.8 Å². The number of hydrogen-bond donors (Lipinski definition) is 0. The zero-order valence-corrected chi connectivity index (χ0v) is 10.4. The molecule has 0 bridgehead atoms. The van der Waals surface area contributed by atoms with Crippen molar-refractivity contribution < 1.29 is 9.53 Å². The van der Waals surface area contributed by atoms with Crippen LogP contribution in [-0.2, 0) is 9.53 Å². The minimum atomic E-state index is -0.0783. The minimum Gasteiger partial charge on any atom is -0.466 e. The largest absolute Gasteiger partial charge is 0.466 e. The van der Waals surface area contributed by atoms with Gasteiger partial charge in [-0.2, -0.15) is 0 Å². The summed E-state index contributed by atoms with van der Waals surface area (Å²) in [5, 5.41) is 0. The molecule has 16 heavy (non-hydrogen) atoms. The van der Waals surface area contributed by atoms with E-state index in [9.17, 15) is 4.79 Å². The molecule has 1 atom stereocenters. The molecule has 0 radical (unpaired) electrons.